The Hall–Kier alpha value is -0.540. The van der Waals surface area contributed by atoms with E-state index in [1.54, 1.807) is 0 Å². The number of unbranched alkanes of at least 4 members (excludes halogenated alkanes) is 5. The predicted octanol–water partition coefficient (Wildman–Crippen LogP) is 4.52. The van der Waals surface area contributed by atoms with Crippen LogP contribution in [0.1, 0.15) is 70.2 Å². The first-order chi connectivity index (χ1) is 9.60. The van der Waals surface area contributed by atoms with Gasteiger partial charge < -0.3 is 5.11 Å². The van der Waals surface area contributed by atoms with Gasteiger partial charge in [-0.05, 0) is 20.3 Å². The van der Waals surface area contributed by atoms with E-state index in [2.05, 4.69) is 12.0 Å². The second-order valence-corrected chi connectivity index (χ2v) is 5.95. The molecule has 0 aliphatic rings. The Bertz CT molecular complexity index is 390. The zero-order valence-electron chi connectivity index (χ0n) is 13.2. The molecule has 0 fully saturated rings. The van der Waals surface area contributed by atoms with Gasteiger partial charge >= 0.3 is 0 Å². The Morgan fingerprint density at radius 2 is 1.80 bits per heavy atom. The first kappa shape index (κ1) is 17.5. The second kappa shape index (κ2) is 9.41. The van der Waals surface area contributed by atoms with Gasteiger partial charge in [-0.1, -0.05) is 57.0 Å². The van der Waals surface area contributed by atoms with E-state index in [-0.39, 0.29) is 6.10 Å². The molecule has 0 aromatic carbocycles. The normalized spacial score (nSPS) is 12.8. The summed E-state index contributed by atoms with van der Waals surface area (Å²) in [7, 11) is 0. The molecule has 0 bridgehead atoms. The molecule has 116 valence electrons. The van der Waals surface area contributed by atoms with Crippen LogP contribution in [0.2, 0.25) is 5.02 Å². The van der Waals surface area contributed by atoms with Crippen LogP contribution in [-0.4, -0.2) is 21.0 Å². The van der Waals surface area contributed by atoms with Gasteiger partial charge in [-0.2, -0.15) is 5.10 Å². The summed E-state index contributed by atoms with van der Waals surface area (Å²) in [6, 6.07) is 0. The highest BCUT2D eigenvalue weighted by molar-refractivity contribution is 6.31. The van der Waals surface area contributed by atoms with E-state index < -0.39 is 0 Å². The number of halogens is 1. The standard InChI is InChI=1S/C16H29ClN2O/c1-4-6-7-8-9-10-11-14(20)12-15-16(17)13(3)18-19(15)5-2/h14,20H,4-12H2,1-3H3. The van der Waals surface area contributed by atoms with Crippen molar-refractivity contribution in [2.75, 3.05) is 0 Å². The van der Waals surface area contributed by atoms with Crippen molar-refractivity contribution < 1.29 is 5.11 Å². The fraction of sp³-hybridized carbons (Fsp3) is 0.812. The summed E-state index contributed by atoms with van der Waals surface area (Å²) in [6.07, 6.45) is 8.69. The Morgan fingerprint density at radius 1 is 1.15 bits per heavy atom. The van der Waals surface area contributed by atoms with Crippen molar-refractivity contribution in [3.63, 3.8) is 0 Å². The van der Waals surface area contributed by atoms with E-state index in [4.69, 9.17) is 11.6 Å². The summed E-state index contributed by atoms with van der Waals surface area (Å²) in [5.74, 6) is 0. The minimum absolute atomic E-state index is 0.305. The van der Waals surface area contributed by atoms with Crippen molar-refractivity contribution >= 4 is 11.6 Å². The second-order valence-electron chi connectivity index (χ2n) is 5.58. The molecule has 0 saturated heterocycles. The molecule has 0 aliphatic heterocycles. The molecule has 0 aliphatic carbocycles. The average Bonchev–Trinajstić information content (AvgIpc) is 2.70. The maximum absolute atomic E-state index is 10.2. The molecule has 20 heavy (non-hydrogen) atoms. The van der Waals surface area contributed by atoms with Crippen molar-refractivity contribution in [1.82, 2.24) is 9.78 Å². The lowest BCUT2D eigenvalue weighted by Gasteiger charge is -2.12. The van der Waals surface area contributed by atoms with Crippen molar-refractivity contribution in [3.8, 4) is 0 Å². The lowest BCUT2D eigenvalue weighted by Crippen LogP contribution is -2.14. The Morgan fingerprint density at radius 3 is 2.45 bits per heavy atom. The number of hydrogen-bond acceptors (Lipinski definition) is 2. The van der Waals surface area contributed by atoms with E-state index in [0.717, 1.165) is 30.8 Å². The molecule has 1 aromatic rings. The summed E-state index contributed by atoms with van der Waals surface area (Å²) < 4.78 is 1.90. The molecule has 3 nitrogen and oxygen atoms in total. The number of nitrogens with zero attached hydrogens (tertiary/aromatic N) is 2. The van der Waals surface area contributed by atoms with Gasteiger partial charge in [0.2, 0.25) is 0 Å². The summed E-state index contributed by atoms with van der Waals surface area (Å²) in [6.45, 7) is 6.99. The molecule has 4 heteroatoms. The van der Waals surface area contributed by atoms with E-state index >= 15 is 0 Å². The molecule has 0 spiro atoms. The SMILES string of the molecule is CCCCCCCCC(O)Cc1c(Cl)c(C)nn1CC. The summed E-state index contributed by atoms with van der Waals surface area (Å²) in [5, 5.41) is 15.3. The molecular weight excluding hydrogens is 272 g/mol. The summed E-state index contributed by atoms with van der Waals surface area (Å²) in [5.41, 5.74) is 1.83. The third-order valence-corrected chi connectivity index (χ3v) is 4.26. The number of aliphatic hydroxyl groups excluding tert-OH is 1. The van der Waals surface area contributed by atoms with Crippen LogP contribution >= 0.6 is 11.6 Å². The Labute approximate surface area is 128 Å². The third-order valence-electron chi connectivity index (χ3n) is 3.77. The van der Waals surface area contributed by atoms with Gasteiger partial charge in [0.05, 0.1) is 22.5 Å². The van der Waals surface area contributed by atoms with Gasteiger partial charge in [0.1, 0.15) is 0 Å². The highest BCUT2D eigenvalue weighted by atomic mass is 35.5. The minimum atomic E-state index is -0.305. The zero-order chi connectivity index (χ0) is 15.0. The molecule has 0 amide bonds. The Kier molecular flexibility index (Phi) is 8.24. The summed E-state index contributed by atoms with van der Waals surface area (Å²) in [4.78, 5) is 0. The molecule has 1 N–H and O–H groups in total. The van der Waals surface area contributed by atoms with Crippen molar-refractivity contribution in [1.29, 1.82) is 0 Å². The third kappa shape index (κ3) is 5.45. The quantitative estimate of drug-likeness (QED) is 0.645. The van der Waals surface area contributed by atoms with Crippen LogP contribution < -0.4 is 0 Å². The average molecular weight is 301 g/mol. The van der Waals surface area contributed by atoms with Crippen molar-refractivity contribution in [2.24, 2.45) is 0 Å². The number of rotatable bonds is 10. The molecule has 1 unspecified atom stereocenters. The Balaban J connectivity index is 2.33. The molecule has 0 saturated carbocycles. The topological polar surface area (TPSA) is 38.1 Å². The predicted molar refractivity (Wildman–Crippen MR) is 85.4 cm³/mol. The van der Waals surface area contributed by atoms with E-state index in [1.165, 1.54) is 32.1 Å². The number of hydrogen-bond donors (Lipinski definition) is 1. The first-order valence-electron chi connectivity index (χ1n) is 7.99. The number of aryl methyl sites for hydroxylation is 2. The fourth-order valence-corrected chi connectivity index (χ4v) is 2.76. The van der Waals surface area contributed by atoms with Gasteiger partial charge in [0, 0.05) is 13.0 Å². The van der Waals surface area contributed by atoms with Crippen LogP contribution in [-0.2, 0) is 13.0 Å². The van der Waals surface area contributed by atoms with E-state index in [9.17, 15) is 5.11 Å². The van der Waals surface area contributed by atoms with Gasteiger partial charge in [-0.3, -0.25) is 4.68 Å². The van der Waals surface area contributed by atoms with Gasteiger partial charge in [0.15, 0.2) is 0 Å². The number of aromatic nitrogens is 2. The number of aliphatic hydroxyl groups is 1. The molecule has 1 rings (SSSR count). The van der Waals surface area contributed by atoms with Crippen molar-refractivity contribution in [3.05, 3.63) is 16.4 Å². The van der Waals surface area contributed by atoms with Crippen LogP contribution in [0.15, 0.2) is 0 Å². The monoisotopic (exact) mass is 300 g/mol. The fourth-order valence-electron chi connectivity index (χ4n) is 2.55. The van der Waals surface area contributed by atoms with Gasteiger partial charge in [-0.25, -0.2) is 0 Å². The van der Waals surface area contributed by atoms with Gasteiger partial charge in [0.25, 0.3) is 0 Å². The van der Waals surface area contributed by atoms with Crippen LogP contribution in [0.4, 0.5) is 0 Å². The van der Waals surface area contributed by atoms with Crippen LogP contribution in [0.5, 0.6) is 0 Å². The highest BCUT2D eigenvalue weighted by Gasteiger charge is 2.16. The highest BCUT2D eigenvalue weighted by Crippen LogP contribution is 2.22. The van der Waals surface area contributed by atoms with E-state index in [0.29, 0.717) is 11.4 Å². The maximum atomic E-state index is 10.2. The first-order valence-corrected chi connectivity index (χ1v) is 8.37. The smallest absolute Gasteiger partial charge is 0.0848 e. The van der Waals surface area contributed by atoms with Crippen molar-refractivity contribution in [2.45, 2.75) is 84.8 Å². The lowest BCUT2D eigenvalue weighted by molar-refractivity contribution is 0.158. The maximum Gasteiger partial charge on any atom is 0.0848 e. The van der Waals surface area contributed by atoms with Crippen LogP contribution in [0.3, 0.4) is 0 Å². The molecular formula is C16H29ClN2O. The molecule has 1 heterocycles. The van der Waals surface area contributed by atoms with Crippen LogP contribution in [0, 0.1) is 6.92 Å². The molecule has 0 radical (unpaired) electrons. The van der Waals surface area contributed by atoms with Gasteiger partial charge in [-0.15, -0.1) is 0 Å². The largest absolute Gasteiger partial charge is 0.393 e. The molecule has 1 aromatic heterocycles. The van der Waals surface area contributed by atoms with E-state index in [1.807, 2.05) is 18.5 Å². The summed E-state index contributed by atoms with van der Waals surface area (Å²) >= 11 is 6.26. The van der Waals surface area contributed by atoms with Crippen LogP contribution in [0.25, 0.3) is 0 Å². The molecule has 1 atom stereocenters. The zero-order valence-corrected chi connectivity index (χ0v) is 13.9. The minimum Gasteiger partial charge on any atom is -0.393 e. The lowest BCUT2D eigenvalue weighted by atomic mass is 10.0.